The highest BCUT2D eigenvalue weighted by molar-refractivity contribution is 6.03. The molecule has 1 saturated carbocycles. The monoisotopic (exact) mass is 529 g/mol. The molecule has 8 heteroatoms. The van der Waals surface area contributed by atoms with Crippen molar-refractivity contribution in [3.8, 4) is 11.5 Å². The maximum Gasteiger partial charge on any atom is 0.251 e. The van der Waals surface area contributed by atoms with Crippen molar-refractivity contribution < 1.29 is 23.5 Å². The minimum atomic E-state index is -1.00. The molecule has 2 N–H and O–H groups in total. The first-order valence-electron chi connectivity index (χ1n) is 13.4. The molecule has 0 bridgehead atoms. The summed E-state index contributed by atoms with van der Waals surface area (Å²) in [6, 6.07) is 15.7. The fraction of sp³-hybridized carbons (Fsp3) is 0.355. The van der Waals surface area contributed by atoms with Crippen LogP contribution < -0.4 is 19.7 Å². The number of aromatic amines is 1. The second-order valence-electron chi connectivity index (χ2n) is 10.0. The van der Waals surface area contributed by atoms with Crippen LogP contribution in [0.5, 0.6) is 11.5 Å². The normalized spacial score (nSPS) is 14.6. The highest BCUT2D eigenvalue weighted by Crippen LogP contribution is 2.37. The Kier molecular flexibility index (Phi) is 7.91. The smallest absolute Gasteiger partial charge is 0.251 e. The van der Waals surface area contributed by atoms with Crippen LogP contribution in [-0.4, -0.2) is 37.1 Å². The summed E-state index contributed by atoms with van der Waals surface area (Å²) in [5, 5.41) is 4.18. The van der Waals surface area contributed by atoms with Crippen LogP contribution in [0.25, 0.3) is 10.9 Å². The van der Waals surface area contributed by atoms with Gasteiger partial charge in [-0.25, -0.2) is 0 Å². The maximum atomic E-state index is 14.2. The van der Waals surface area contributed by atoms with E-state index < -0.39 is 6.04 Å². The minimum absolute atomic E-state index is 0.0702. The number of nitrogens with one attached hydrogen (secondary N) is 2. The number of aromatic nitrogens is 1. The number of para-hydroxylation sites is 1. The Labute approximate surface area is 228 Å². The third kappa shape index (κ3) is 5.65. The fourth-order valence-corrected chi connectivity index (χ4v) is 5.44. The third-order valence-electron chi connectivity index (χ3n) is 7.42. The Bertz CT molecular complexity index is 1450. The molecule has 39 heavy (non-hydrogen) atoms. The van der Waals surface area contributed by atoms with E-state index in [0.717, 1.165) is 42.1 Å². The van der Waals surface area contributed by atoms with Gasteiger partial charge in [0.2, 0.25) is 5.91 Å². The van der Waals surface area contributed by atoms with Gasteiger partial charge >= 0.3 is 0 Å². The Morgan fingerprint density at radius 3 is 2.51 bits per heavy atom. The predicted octanol–water partition coefficient (Wildman–Crippen LogP) is 5.85. The Hall–Kier alpha value is -4.20. The number of ether oxygens (including phenoxy) is 2. The summed E-state index contributed by atoms with van der Waals surface area (Å²) in [5.74, 6) is 1.55. The average molecular weight is 530 g/mol. The van der Waals surface area contributed by atoms with Crippen LogP contribution in [0.3, 0.4) is 0 Å². The van der Waals surface area contributed by atoms with Gasteiger partial charge in [-0.15, -0.1) is 0 Å². The van der Waals surface area contributed by atoms with Crippen molar-refractivity contribution in [2.75, 3.05) is 19.1 Å². The fourth-order valence-electron chi connectivity index (χ4n) is 5.44. The Morgan fingerprint density at radius 2 is 1.79 bits per heavy atom. The number of hydrogen-bond acceptors (Lipinski definition) is 5. The lowest BCUT2D eigenvalue weighted by molar-refractivity contribution is -0.127. The number of methoxy groups -OCH3 is 2. The van der Waals surface area contributed by atoms with E-state index in [1.165, 1.54) is 11.3 Å². The summed E-state index contributed by atoms with van der Waals surface area (Å²) in [7, 11) is 3.10. The number of furan rings is 1. The largest absolute Gasteiger partial charge is 0.493 e. The van der Waals surface area contributed by atoms with Crippen molar-refractivity contribution in [2.45, 2.75) is 57.5 Å². The number of carbonyl (C=O) groups is 2. The number of nitrogens with zero attached hydrogens (tertiary/aromatic N) is 1. The van der Waals surface area contributed by atoms with Gasteiger partial charge in [0, 0.05) is 34.9 Å². The van der Waals surface area contributed by atoms with E-state index in [2.05, 4.69) is 10.3 Å². The topological polar surface area (TPSA) is 96.8 Å². The van der Waals surface area contributed by atoms with Gasteiger partial charge in [0.15, 0.2) is 17.5 Å². The zero-order chi connectivity index (χ0) is 27.4. The van der Waals surface area contributed by atoms with Crippen LogP contribution in [0.15, 0.2) is 65.2 Å². The quantitative estimate of drug-likeness (QED) is 0.283. The van der Waals surface area contributed by atoms with Crippen molar-refractivity contribution >= 4 is 28.4 Å². The van der Waals surface area contributed by atoms with Crippen molar-refractivity contribution in [3.63, 3.8) is 0 Å². The average Bonchev–Trinajstić information content (AvgIpc) is 3.57. The van der Waals surface area contributed by atoms with E-state index in [9.17, 15) is 9.59 Å². The molecule has 0 radical (unpaired) electrons. The molecule has 1 atom stereocenters. The number of rotatable bonds is 9. The first-order chi connectivity index (χ1) is 19.0. The molecule has 1 aliphatic carbocycles. The third-order valence-corrected chi connectivity index (χ3v) is 7.42. The number of hydrogen-bond donors (Lipinski definition) is 2. The summed E-state index contributed by atoms with van der Waals surface area (Å²) < 4.78 is 17.0. The molecular formula is C31H35N3O5. The molecule has 0 spiro atoms. The second kappa shape index (κ2) is 11.7. The SMILES string of the molecule is COc1ccc(N(C(=O)Cc2c[nH]c3ccccc23)[C@@H](C(=O)NC2CCCCC2)c2ccc(C)o2)cc1OC. The first-order valence-corrected chi connectivity index (χ1v) is 13.4. The summed E-state index contributed by atoms with van der Waals surface area (Å²) in [5.41, 5.74) is 2.31. The zero-order valence-electron chi connectivity index (χ0n) is 22.7. The lowest BCUT2D eigenvalue weighted by atomic mass is 9.95. The molecule has 8 nitrogen and oxygen atoms in total. The van der Waals surface area contributed by atoms with Crippen LogP contribution in [0.1, 0.15) is 55.2 Å². The molecule has 5 rings (SSSR count). The van der Waals surface area contributed by atoms with Crippen LogP contribution in [0, 0.1) is 6.92 Å². The van der Waals surface area contributed by atoms with Gasteiger partial charge in [-0.1, -0.05) is 37.5 Å². The molecule has 2 amide bonds. The molecular weight excluding hydrogens is 494 g/mol. The van der Waals surface area contributed by atoms with Crippen LogP contribution >= 0.6 is 0 Å². The molecule has 0 unspecified atom stereocenters. The molecule has 204 valence electrons. The van der Waals surface area contributed by atoms with Gasteiger partial charge in [-0.2, -0.15) is 0 Å². The zero-order valence-corrected chi connectivity index (χ0v) is 22.7. The van der Waals surface area contributed by atoms with Gasteiger partial charge in [0.1, 0.15) is 11.5 Å². The van der Waals surface area contributed by atoms with Gasteiger partial charge < -0.3 is 24.2 Å². The highest BCUT2D eigenvalue weighted by atomic mass is 16.5. The van der Waals surface area contributed by atoms with Crippen molar-refractivity contribution in [2.24, 2.45) is 0 Å². The van der Waals surface area contributed by atoms with Gasteiger partial charge in [-0.3, -0.25) is 14.5 Å². The van der Waals surface area contributed by atoms with Gasteiger partial charge in [0.05, 0.1) is 20.6 Å². The number of amides is 2. The lowest BCUT2D eigenvalue weighted by Gasteiger charge is -2.32. The van der Waals surface area contributed by atoms with Crippen LogP contribution in [0.4, 0.5) is 5.69 Å². The number of H-pyrrole nitrogens is 1. The molecule has 2 aromatic carbocycles. The van der Waals surface area contributed by atoms with E-state index in [4.69, 9.17) is 13.9 Å². The van der Waals surface area contributed by atoms with Crippen molar-refractivity contribution in [1.29, 1.82) is 0 Å². The number of aryl methyl sites for hydroxylation is 1. The van der Waals surface area contributed by atoms with Gasteiger partial charge in [0.25, 0.3) is 5.91 Å². The van der Waals surface area contributed by atoms with Crippen molar-refractivity contribution in [3.05, 3.63) is 77.9 Å². The van der Waals surface area contributed by atoms with E-state index in [1.807, 2.05) is 43.5 Å². The van der Waals surface area contributed by atoms with E-state index >= 15 is 0 Å². The van der Waals surface area contributed by atoms with E-state index in [1.54, 1.807) is 38.5 Å². The van der Waals surface area contributed by atoms with E-state index in [0.29, 0.717) is 28.7 Å². The molecule has 1 aliphatic rings. The molecule has 2 aromatic heterocycles. The molecule has 2 heterocycles. The molecule has 1 fully saturated rings. The number of carbonyl (C=O) groups excluding carboxylic acids is 2. The van der Waals surface area contributed by atoms with Gasteiger partial charge in [-0.05, 0) is 55.7 Å². The minimum Gasteiger partial charge on any atom is -0.493 e. The second-order valence-corrected chi connectivity index (χ2v) is 10.0. The van der Waals surface area contributed by atoms with Crippen LogP contribution in [0.2, 0.25) is 0 Å². The summed E-state index contributed by atoms with van der Waals surface area (Å²) in [6.45, 7) is 1.83. The van der Waals surface area contributed by atoms with Crippen LogP contribution in [-0.2, 0) is 16.0 Å². The summed E-state index contributed by atoms with van der Waals surface area (Å²) >= 11 is 0. The number of fused-ring (bicyclic) bond motifs is 1. The number of anilines is 1. The standard InChI is InChI=1S/C31H35N3O5/c1-20-13-15-27(39-20)30(31(36)33-22-9-5-4-6-10-22)34(23-14-16-26(37-2)28(18-23)38-3)29(35)17-21-19-32-25-12-8-7-11-24(21)25/h7-8,11-16,18-19,22,30,32H,4-6,9-10,17H2,1-3H3,(H,33,36)/t30-/m1/s1. The number of benzene rings is 2. The summed E-state index contributed by atoms with van der Waals surface area (Å²) in [6.07, 6.45) is 7.12. The predicted molar refractivity (Wildman–Crippen MR) is 150 cm³/mol. The maximum absolute atomic E-state index is 14.2. The van der Waals surface area contributed by atoms with Crippen molar-refractivity contribution in [1.82, 2.24) is 10.3 Å². The first kappa shape index (κ1) is 26.4. The highest BCUT2D eigenvalue weighted by Gasteiger charge is 2.37. The molecule has 0 aliphatic heterocycles. The molecule has 4 aromatic rings. The van der Waals surface area contributed by atoms with E-state index in [-0.39, 0.29) is 24.3 Å². The summed E-state index contributed by atoms with van der Waals surface area (Å²) in [4.78, 5) is 33.0. The Balaban J connectivity index is 1.58. The Morgan fingerprint density at radius 1 is 1.03 bits per heavy atom. The lowest BCUT2D eigenvalue weighted by Crippen LogP contribution is -2.47. The molecule has 0 saturated heterocycles.